The van der Waals surface area contributed by atoms with Crippen LogP contribution >= 0.6 is 0 Å². The fraction of sp³-hybridized carbons (Fsp3) is 1.00. The van der Waals surface area contributed by atoms with E-state index in [0.29, 0.717) is 17.9 Å². The SMILES string of the molecule is CC(CO)CC1CCC2CCC(C)(C)C2C1. The van der Waals surface area contributed by atoms with Gasteiger partial charge in [0.15, 0.2) is 0 Å². The molecule has 1 N–H and O–H groups in total. The van der Waals surface area contributed by atoms with E-state index >= 15 is 0 Å². The quantitative estimate of drug-likeness (QED) is 0.772. The molecule has 0 aromatic carbocycles. The average molecular weight is 224 g/mol. The molecule has 0 aliphatic heterocycles. The van der Waals surface area contributed by atoms with Crippen LogP contribution in [0.4, 0.5) is 0 Å². The average Bonchev–Trinajstić information content (AvgIpc) is 2.55. The van der Waals surface area contributed by atoms with Crippen LogP contribution in [-0.4, -0.2) is 11.7 Å². The maximum Gasteiger partial charge on any atom is 0.0456 e. The molecule has 2 aliphatic rings. The highest BCUT2D eigenvalue weighted by Crippen LogP contribution is 2.54. The summed E-state index contributed by atoms with van der Waals surface area (Å²) in [5, 5.41) is 9.16. The number of aliphatic hydroxyl groups is 1. The highest BCUT2D eigenvalue weighted by Gasteiger charge is 2.44. The maximum atomic E-state index is 9.16. The lowest BCUT2D eigenvalue weighted by molar-refractivity contribution is 0.104. The third-order valence-electron chi connectivity index (χ3n) is 5.31. The van der Waals surface area contributed by atoms with Gasteiger partial charge in [0.25, 0.3) is 0 Å². The van der Waals surface area contributed by atoms with Gasteiger partial charge in [0.05, 0.1) is 0 Å². The van der Waals surface area contributed by atoms with E-state index in [4.69, 9.17) is 5.11 Å². The monoisotopic (exact) mass is 224 g/mol. The number of rotatable bonds is 3. The lowest BCUT2D eigenvalue weighted by Gasteiger charge is -2.39. The Morgan fingerprint density at radius 2 is 2.00 bits per heavy atom. The smallest absolute Gasteiger partial charge is 0.0456 e. The summed E-state index contributed by atoms with van der Waals surface area (Å²) < 4.78 is 0. The van der Waals surface area contributed by atoms with Crippen molar-refractivity contribution >= 4 is 0 Å². The molecule has 2 aliphatic carbocycles. The predicted molar refractivity (Wildman–Crippen MR) is 68.2 cm³/mol. The van der Waals surface area contributed by atoms with Gasteiger partial charge in [0, 0.05) is 6.61 Å². The van der Waals surface area contributed by atoms with E-state index in [1.807, 2.05) is 0 Å². The van der Waals surface area contributed by atoms with Gasteiger partial charge in [-0.05, 0) is 61.2 Å². The van der Waals surface area contributed by atoms with Crippen molar-refractivity contribution in [3.63, 3.8) is 0 Å². The molecule has 0 amide bonds. The molecule has 0 aromatic rings. The number of aliphatic hydroxyl groups excluding tert-OH is 1. The van der Waals surface area contributed by atoms with E-state index < -0.39 is 0 Å². The van der Waals surface area contributed by atoms with Crippen LogP contribution < -0.4 is 0 Å². The van der Waals surface area contributed by atoms with Gasteiger partial charge in [-0.25, -0.2) is 0 Å². The Bertz CT molecular complexity index is 234. The molecule has 0 radical (unpaired) electrons. The van der Waals surface area contributed by atoms with Crippen LogP contribution in [0.15, 0.2) is 0 Å². The lowest BCUT2D eigenvalue weighted by atomic mass is 9.67. The van der Waals surface area contributed by atoms with Crippen LogP contribution in [0.1, 0.15) is 59.3 Å². The summed E-state index contributed by atoms with van der Waals surface area (Å²) in [5.74, 6) is 3.39. The number of fused-ring (bicyclic) bond motifs is 1. The third-order valence-corrected chi connectivity index (χ3v) is 5.31. The Labute approximate surface area is 101 Å². The van der Waals surface area contributed by atoms with Gasteiger partial charge in [0.2, 0.25) is 0 Å². The summed E-state index contributed by atoms with van der Waals surface area (Å²) in [6, 6.07) is 0. The van der Waals surface area contributed by atoms with Gasteiger partial charge in [-0.15, -0.1) is 0 Å². The summed E-state index contributed by atoms with van der Waals surface area (Å²) in [5.41, 5.74) is 0.589. The zero-order chi connectivity index (χ0) is 11.8. The molecule has 0 bridgehead atoms. The first-order chi connectivity index (χ1) is 7.53. The Kier molecular flexibility index (Phi) is 3.63. The van der Waals surface area contributed by atoms with E-state index in [0.717, 1.165) is 17.8 Å². The topological polar surface area (TPSA) is 20.2 Å². The molecular formula is C15H28O. The molecule has 16 heavy (non-hydrogen) atoms. The van der Waals surface area contributed by atoms with Crippen LogP contribution in [0.5, 0.6) is 0 Å². The second-order valence-electron chi connectivity index (χ2n) is 7.10. The molecule has 0 spiro atoms. The molecule has 4 unspecified atom stereocenters. The van der Waals surface area contributed by atoms with Gasteiger partial charge < -0.3 is 5.11 Å². The molecule has 94 valence electrons. The largest absolute Gasteiger partial charge is 0.396 e. The van der Waals surface area contributed by atoms with Crippen molar-refractivity contribution in [1.82, 2.24) is 0 Å². The Morgan fingerprint density at radius 3 is 2.69 bits per heavy atom. The van der Waals surface area contributed by atoms with Gasteiger partial charge >= 0.3 is 0 Å². The highest BCUT2D eigenvalue weighted by molar-refractivity contribution is 4.94. The summed E-state index contributed by atoms with van der Waals surface area (Å²) in [7, 11) is 0. The minimum absolute atomic E-state index is 0.369. The van der Waals surface area contributed by atoms with E-state index in [9.17, 15) is 0 Å². The Hall–Kier alpha value is -0.0400. The van der Waals surface area contributed by atoms with E-state index in [1.54, 1.807) is 0 Å². The molecule has 0 aromatic heterocycles. The number of hydrogen-bond acceptors (Lipinski definition) is 1. The summed E-state index contributed by atoms with van der Waals surface area (Å²) in [4.78, 5) is 0. The zero-order valence-corrected chi connectivity index (χ0v) is 11.2. The maximum absolute atomic E-state index is 9.16. The molecule has 2 saturated carbocycles. The van der Waals surface area contributed by atoms with Crippen molar-refractivity contribution in [2.45, 2.75) is 59.3 Å². The summed E-state index contributed by atoms with van der Waals surface area (Å²) >= 11 is 0. The van der Waals surface area contributed by atoms with Crippen LogP contribution in [0.2, 0.25) is 0 Å². The lowest BCUT2D eigenvalue weighted by Crippen LogP contribution is -2.30. The van der Waals surface area contributed by atoms with Gasteiger partial charge in [-0.3, -0.25) is 0 Å². The second kappa shape index (κ2) is 4.68. The summed E-state index contributed by atoms with van der Waals surface area (Å²) in [6.45, 7) is 7.49. The fourth-order valence-corrected chi connectivity index (χ4v) is 4.22. The molecule has 0 saturated heterocycles. The molecule has 1 nitrogen and oxygen atoms in total. The van der Waals surface area contributed by atoms with Crippen molar-refractivity contribution in [3.8, 4) is 0 Å². The van der Waals surface area contributed by atoms with Crippen LogP contribution in [-0.2, 0) is 0 Å². The fourth-order valence-electron chi connectivity index (χ4n) is 4.22. The standard InChI is InChI=1S/C15H28O/c1-11(10-16)8-12-4-5-13-6-7-15(2,3)14(13)9-12/h11-14,16H,4-10H2,1-3H3. The molecule has 2 rings (SSSR count). The van der Waals surface area contributed by atoms with Gasteiger partial charge in [-0.1, -0.05) is 27.2 Å². The van der Waals surface area contributed by atoms with Crippen molar-refractivity contribution in [2.24, 2.45) is 29.1 Å². The van der Waals surface area contributed by atoms with Crippen molar-refractivity contribution in [3.05, 3.63) is 0 Å². The Balaban J connectivity index is 1.92. The zero-order valence-electron chi connectivity index (χ0n) is 11.2. The molecule has 4 atom stereocenters. The first kappa shape index (κ1) is 12.4. The highest BCUT2D eigenvalue weighted by atomic mass is 16.3. The van der Waals surface area contributed by atoms with E-state index in [2.05, 4.69) is 20.8 Å². The minimum Gasteiger partial charge on any atom is -0.396 e. The van der Waals surface area contributed by atoms with E-state index in [-0.39, 0.29) is 0 Å². The first-order valence-corrected chi connectivity index (χ1v) is 7.14. The molecule has 1 heteroatoms. The summed E-state index contributed by atoms with van der Waals surface area (Å²) in [6.07, 6.45) is 8.46. The normalized spacial score (nSPS) is 39.4. The van der Waals surface area contributed by atoms with Crippen molar-refractivity contribution in [1.29, 1.82) is 0 Å². The van der Waals surface area contributed by atoms with Gasteiger partial charge in [0.1, 0.15) is 0 Å². The van der Waals surface area contributed by atoms with Crippen molar-refractivity contribution in [2.75, 3.05) is 6.61 Å². The van der Waals surface area contributed by atoms with Crippen LogP contribution in [0.25, 0.3) is 0 Å². The molecule has 2 fully saturated rings. The van der Waals surface area contributed by atoms with Crippen LogP contribution in [0.3, 0.4) is 0 Å². The molecule has 0 heterocycles. The molecular weight excluding hydrogens is 196 g/mol. The Morgan fingerprint density at radius 1 is 1.25 bits per heavy atom. The van der Waals surface area contributed by atoms with E-state index in [1.165, 1.54) is 38.5 Å². The third kappa shape index (κ3) is 2.45. The van der Waals surface area contributed by atoms with Gasteiger partial charge in [-0.2, -0.15) is 0 Å². The number of hydrogen-bond donors (Lipinski definition) is 1. The first-order valence-electron chi connectivity index (χ1n) is 7.14. The van der Waals surface area contributed by atoms with Crippen LogP contribution in [0, 0.1) is 29.1 Å². The minimum atomic E-state index is 0.369. The second-order valence-corrected chi connectivity index (χ2v) is 7.10. The van der Waals surface area contributed by atoms with Crippen molar-refractivity contribution < 1.29 is 5.11 Å². The predicted octanol–water partition coefficient (Wildman–Crippen LogP) is 3.86.